The summed E-state index contributed by atoms with van der Waals surface area (Å²) in [5.41, 5.74) is 0. The predicted octanol–water partition coefficient (Wildman–Crippen LogP) is 5.37. The molecule has 0 nitrogen and oxygen atoms in total. The Bertz CT molecular complexity index is 692. The van der Waals surface area contributed by atoms with E-state index in [0.29, 0.717) is 0 Å². The molecule has 96 valence electrons. The van der Waals surface area contributed by atoms with Gasteiger partial charge in [0.15, 0.2) is 0 Å². The van der Waals surface area contributed by atoms with Gasteiger partial charge in [-0.1, -0.05) is 48.5 Å². The molecule has 0 heterocycles. The third-order valence-corrected chi connectivity index (χ3v) is 3.88. The maximum Gasteiger partial charge on any atom is -0.0178 e. The third kappa shape index (κ3) is 3.04. The summed E-state index contributed by atoms with van der Waals surface area (Å²) in [6, 6.07) is 21.4. The second-order valence-electron chi connectivity index (χ2n) is 4.84. The van der Waals surface area contributed by atoms with E-state index in [4.69, 9.17) is 0 Å². The van der Waals surface area contributed by atoms with Gasteiger partial charge < -0.3 is 0 Å². The van der Waals surface area contributed by atoms with Crippen LogP contribution in [0.3, 0.4) is 0 Å². The van der Waals surface area contributed by atoms with Crippen LogP contribution in [0, 0.1) is 0 Å². The van der Waals surface area contributed by atoms with Gasteiger partial charge in [-0.05, 0) is 33.7 Å². The molecule has 0 N–H and O–H groups in total. The molecule has 1 aliphatic rings. The number of benzene rings is 3. The Labute approximate surface area is 128 Å². The zero-order chi connectivity index (χ0) is 13.8. The van der Waals surface area contributed by atoms with Crippen molar-refractivity contribution in [3.8, 4) is 0 Å². The molecule has 0 saturated heterocycles. The first-order chi connectivity index (χ1) is 9.83. The monoisotopic (exact) mass is 294 g/mol. The van der Waals surface area contributed by atoms with E-state index in [1.165, 1.54) is 25.8 Å². The zero-order valence-corrected chi connectivity index (χ0v) is 12.6. The summed E-state index contributed by atoms with van der Waals surface area (Å²) in [5, 5.41) is 5.25. The van der Waals surface area contributed by atoms with Crippen LogP contribution >= 0.6 is 0 Å². The number of rotatable bonds is 0. The van der Waals surface area contributed by atoms with Crippen molar-refractivity contribution >= 4 is 21.5 Å². The molecule has 0 amide bonds. The largest absolute Gasteiger partial charge is 0.0616 e. The van der Waals surface area contributed by atoms with Gasteiger partial charge in [-0.2, -0.15) is 0 Å². The van der Waals surface area contributed by atoms with Crippen LogP contribution in [0.15, 0.2) is 83.2 Å². The van der Waals surface area contributed by atoms with Gasteiger partial charge in [0.05, 0.1) is 0 Å². The smallest absolute Gasteiger partial charge is 0.0178 e. The number of hydrogen-bond donors (Lipinski definition) is 0. The Kier molecular flexibility index (Phi) is 4.06. The molecule has 1 aliphatic carbocycles. The summed E-state index contributed by atoms with van der Waals surface area (Å²) in [7, 11) is 0. The van der Waals surface area contributed by atoms with Crippen molar-refractivity contribution in [3.63, 3.8) is 0 Å². The Balaban J connectivity index is 0.000000170. The van der Waals surface area contributed by atoms with Gasteiger partial charge in [0, 0.05) is 0 Å². The third-order valence-electron chi connectivity index (χ3n) is 3.37. The molecule has 3 aromatic carbocycles. The molecule has 0 saturated carbocycles. The molecule has 0 radical (unpaired) electrons. The minimum absolute atomic E-state index is 1.14. The van der Waals surface area contributed by atoms with Gasteiger partial charge in [-0.15, -0.1) is 0 Å². The molecular weight excluding hydrogens is 279 g/mol. The second kappa shape index (κ2) is 6.13. The van der Waals surface area contributed by atoms with Gasteiger partial charge >= 0.3 is 46.4 Å². The Morgan fingerprint density at radius 3 is 1.40 bits per heavy atom. The molecule has 0 spiro atoms. The van der Waals surface area contributed by atoms with Gasteiger partial charge in [0.1, 0.15) is 0 Å². The molecule has 0 unspecified atom stereocenters. The minimum atomic E-state index is 1.14. The maximum absolute atomic E-state index is 2.54. The second-order valence-corrected chi connectivity index (χ2v) is 5.73. The van der Waals surface area contributed by atoms with Crippen LogP contribution in [-0.4, -0.2) is 0 Å². The van der Waals surface area contributed by atoms with Crippen molar-refractivity contribution in [2.24, 2.45) is 0 Å². The summed E-state index contributed by atoms with van der Waals surface area (Å²) >= 11 is 2.54. The molecule has 3 aromatic rings. The first kappa shape index (κ1) is 13.2. The van der Waals surface area contributed by atoms with Crippen LogP contribution in [-0.2, 0) is 17.4 Å². The van der Waals surface area contributed by atoms with Crippen molar-refractivity contribution in [3.05, 3.63) is 83.2 Å². The van der Waals surface area contributed by atoms with E-state index in [1.807, 2.05) is 0 Å². The summed E-state index contributed by atoms with van der Waals surface area (Å²) in [6.45, 7) is 0. The summed E-state index contributed by atoms with van der Waals surface area (Å²) in [4.78, 5) is 0. The zero-order valence-electron chi connectivity index (χ0n) is 11.2. The Hall–Kier alpha value is -1.76. The predicted molar refractivity (Wildman–Crippen MR) is 83.3 cm³/mol. The summed E-state index contributed by atoms with van der Waals surface area (Å²) in [6.07, 6.45) is 7.47. The van der Waals surface area contributed by atoms with Crippen molar-refractivity contribution in [2.75, 3.05) is 0 Å². The Morgan fingerprint density at radius 2 is 1.15 bits per heavy atom. The standard InChI is InChI=1S/C14H10.C5H5.V/c1-2-6-12-10-14-8-4-3-7-13(14)9-11(12)5-1;1-2-4-5-3-1;/h1-10H;1-3H,4H2;. The summed E-state index contributed by atoms with van der Waals surface area (Å²) in [5.74, 6) is 0. The van der Waals surface area contributed by atoms with E-state index >= 15 is 0 Å². The van der Waals surface area contributed by atoms with E-state index in [0.717, 1.165) is 6.42 Å². The minimum Gasteiger partial charge on any atom is -0.0616 e. The topological polar surface area (TPSA) is 0 Å². The SMILES string of the molecule is [V][C]1=CC=CC1.c1ccc2cc3ccccc3cc2c1. The molecule has 1 heteroatoms. The van der Waals surface area contributed by atoms with Crippen LogP contribution in [0.25, 0.3) is 21.5 Å². The van der Waals surface area contributed by atoms with Crippen LogP contribution in [0.4, 0.5) is 0 Å². The molecule has 0 aromatic heterocycles. The average Bonchev–Trinajstić information content (AvgIpc) is 2.97. The van der Waals surface area contributed by atoms with Crippen LogP contribution in [0.1, 0.15) is 6.42 Å². The first-order valence-corrected chi connectivity index (χ1v) is 7.45. The molecule has 20 heavy (non-hydrogen) atoms. The fourth-order valence-corrected chi connectivity index (χ4v) is 2.62. The first-order valence-electron chi connectivity index (χ1n) is 6.75. The average molecular weight is 294 g/mol. The van der Waals surface area contributed by atoms with Crippen LogP contribution in [0.5, 0.6) is 0 Å². The van der Waals surface area contributed by atoms with Crippen molar-refractivity contribution in [1.29, 1.82) is 0 Å². The molecule has 0 atom stereocenters. The molecule has 4 rings (SSSR count). The van der Waals surface area contributed by atoms with Gasteiger partial charge in [-0.25, -0.2) is 0 Å². The van der Waals surface area contributed by atoms with E-state index in [2.05, 4.69) is 96.3 Å². The Morgan fingerprint density at radius 1 is 0.700 bits per heavy atom. The van der Waals surface area contributed by atoms with Crippen molar-refractivity contribution in [2.45, 2.75) is 6.42 Å². The summed E-state index contributed by atoms with van der Waals surface area (Å²) < 4.78 is 1.41. The van der Waals surface area contributed by atoms with E-state index in [1.54, 1.807) is 0 Å². The van der Waals surface area contributed by atoms with Gasteiger partial charge in [0.2, 0.25) is 0 Å². The van der Waals surface area contributed by atoms with Crippen molar-refractivity contribution < 1.29 is 17.4 Å². The molecule has 0 fully saturated rings. The van der Waals surface area contributed by atoms with E-state index in [-0.39, 0.29) is 0 Å². The molecule has 0 aliphatic heterocycles. The van der Waals surface area contributed by atoms with Gasteiger partial charge in [-0.3, -0.25) is 0 Å². The molecule has 0 bridgehead atoms. The van der Waals surface area contributed by atoms with Crippen LogP contribution in [0.2, 0.25) is 0 Å². The van der Waals surface area contributed by atoms with E-state index < -0.39 is 0 Å². The number of fused-ring (bicyclic) bond motifs is 2. The fourth-order valence-electron chi connectivity index (χ4n) is 2.32. The quantitative estimate of drug-likeness (QED) is 0.489. The van der Waals surface area contributed by atoms with E-state index in [9.17, 15) is 0 Å². The number of hydrogen-bond acceptors (Lipinski definition) is 0. The number of allylic oxidation sites excluding steroid dienone is 4. The van der Waals surface area contributed by atoms with Crippen molar-refractivity contribution in [1.82, 2.24) is 0 Å². The maximum atomic E-state index is 2.54. The van der Waals surface area contributed by atoms with Crippen LogP contribution < -0.4 is 0 Å². The normalized spacial score (nSPS) is 13.1. The molecular formula is C19H15V. The van der Waals surface area contributed by atoms with Gasteiger partial charge in [0.25, 0.3) is 0 Å². The fraction of sp³-hybridized carbons (Fsp3) is 0.0526.